The highest BCUT2D eigenvalue weighted by molar-refractivity contribution is 7.13. The Kier molecular flexibility index (Phi) is 3.36. The smallest absolute Gasteiger partial charge is 0.271 e. The molecule has 0 saturated heterocycles. The maximum Gasteiger partial charge on any atom is 0.271 e. The van der Waals surface area contributed by atoms with Gasteiger partial charge in [-0.1, -0.05) is 17.7 Å². The molecule has 0 atom stereocenters. The van der Waals surface area contributed by atoms with Crippen LogP contribution in [-0.4, -0.2) is 15.1 Å². The molecule has 0 unspecified atom stereocenters. The number of hydrogen-bond acceptors (Lipinski definition) is 5. The van der Waals surface area contributed by atoms with Crippen LogP contribution in [0.4, 0.5) is 11.5 Å². The molecule has 6 nitrogen and oxygen atoms in total. The highest BCUT2D eigenvalue weighted by Crippen LogP contribution is 2.38. The first kappa shape index (κ1) is 13.6. The number of benzene rings is 1. The van der Waals surface area contributed by atoms with Crippen molar-refractivity contribution in [1.82, 2.24) is 10.2 Å². The van der Waals surface area contributed by atoms with Gasteiger partial charge in [-0.3, -0.25) is 15.2 Å². The molecule has 0 amide bonds. The first-order valence-corrected chi connectivity index (χ1v) is 7.15. The Morgan fingerprint density at radius 2 is 2.19 bits per heavy atom. The number of nitrogens with one attached hydrogen (secondary N) is 1. The molecule has 0 saturated carbocycles. The normalized spacial score (nSPS) is 10.7. The lowest BCUT2D eigenvalue weighted by Gasteiger charge is -2.03. The fourth-order valence-electron chi connectivity index (χ4n) is 2.06. The highest BCUT2D eigenvalue weighted by Gasteiger charge is 2.18. The summed E-state index contributed by atoms with van der Waals surface area (Å²) in [6.07, 6.45) is 0. The molecule has 0 bridgehead atoms. The predicted molar refractivity (Wildman–Crippen MR) is 83.4 cm³/mol. The SMILES string of the molecule is Nc1n[nH]c(-c2cc(Cl)cc([N+](=O)[O-])c2)c1-c1cccs1. The average molecular weight is 321 g/mol. The number of nitrogens with zero attached hydrogens (tertiary/aromatic N) is 2. The van der Waals surface area contributed by atoms with Gasteiger partial charge in [0.25, 0.3) is 5.69 Å². The van der Waals surface area contributed by atoms with Gasteiger partial charge >= 0.3 is 0 Å². The molecule has 0 aliphatic heterocycles. The number of non-ortho nitro benzene ring substituents is 1. The quantitative estimate of drug-likeness (QED) is 0.564. The van der Waals surface area contributed by atoms with E-state index in [-0.39, 0.29) is 10.7 Å². The summed E-state index contributed by atoms with van der Waals surface area (Å²) in [7, 11) is 0. The molecule has 106 valence electrons. The van der Waals surface area contributed by atoms with Gasteiger partial charge in [-0.25, -0.2) is 0 Å². The maximum absolute atomic E-state index is 11.0. The van der Waals surface area contributed by atoms with E-state index < -0.39 is 4.92 Å². The Balaban J connectivity index is 2.20. The number of rotatable bonds is 3. The number of aromatic nitrogens is 2. The van der Waals surface area contributed by atoms with Crippen LogP contribution in [0.2, 0.25) is 5.02 Å². The second kappa shape index (κ2) is 5.19. The van der Waals surface area contributed by atoms with Crippen LogP contribution >= 0.6 is 22.9 Å². The minimum atomic E-state index is -0.486. The molecule has 0 radical (unpaired) electrons. The molecule has 0 aliphatic carbocycles. The van der Waals surface area contributed by atoms with E-state index in [2.05, 4.69) is 10.2 Å². The van der Waals surface area contributed by atoms with Crippen LogP contribution in [0.1, 0.15) is 0 Å². The Bertz CT molecular complexity index is 814. The average Bonchev–Trinajstić information content (AvgIpc) is 3.06. The molecule has 21 heavy (non-hydrogen) atoms. The van der Waals surface area contributed by atoms with Gasteiger partial charge < -0.3 is 5.73 Å². The van der Waals surface area contributed by atoms with Crippen LogP contribution in [0.25, 0.3) is 21.7 Å². The summed E-state index contributed by atoms with van der Waals surface area (Å²) in [6.45, 7) is 0. The van der Waals surface area contributed by atoms with Crippen molar-refractivity contribution < 1.29 is 4.92 Å². The third kappa shape index (κ3) is 2.48. The lowest BCUT2D eigenvalue weighted by Crippen LogP contribution is -1.90. The third-order valence-corrected chi connectivity index (χ3v) is 4.05. The summed E-state index contributed by atoms with van der Waals surface area (Å²) in [5.74, 6) is 0.343. The number of nitrogen functional groups attached to an aromatic ring is 1. The van der Waals surface area contributed by atoms with Gasteiger partial charge in [0.2, 0.25) is 0 Å². The van der Waals surface area contributed by atoms with Gasteiger partial charge in [-0.15, -0.1) is 11.3 Å². The van der Waals surface area contributed by atoms with Crippen molar-refractivity contribution in [1.29, 1.82) is 0 Å². The van der Waals surface area contributed by atoms with Gasteiger partial charge in [0.05, 0.1) is 16.2 Å². The van der Waals surface area contributed by atoms with Crippen LogP contribution in [0, 0.1) is 10.1 Å². The molecular weight excluding hydrogens is 312 g/mol. The zero-order chi connectivity index (χ0) is 15.0. The minimum absolute atomic E-state index is 0.0807. The molecule has 3 rings (SSSR count). The largest absolute Gasteiger partial charge is 0.382 e. The zero-order valence-corrected chi connectivity index (χ0v) is 12.1. The number of nitro benzene ring substituents is 1. The number of nitrogens with two attached hydrogens (primary N) is 1. The van der Waals surface area contributed by atoms with E-state index in [9.17, 15) is 10.1 Å². The molecular formula is C13H9ClN4O2S. The highest BCUT2D eigenvalue weighted by atomic mass is 35.5. The van der Waals surface area contributed by atoms with Crippen molar-refractivity contribution in [3.63, 3.8) is 0 Å². The molecule has 1 aromatic carbocycles. The fourth-order valence-corrected chi connectivity index (χ4v) is 3.07. The number of aromatic amines is 1. The van der Waals surface area contributed by atoms with E-state index >= 15 is 0 Å². The van der Waals surface area contributed by atoms with Crippen molar-refractivity contribution in [2.24, 2.45) is 0 Å². The summed E-state index contributed by atoms with van der Waals surface area (Å²) in [4.78, 5) is 11.4. The second-order valence-electron chi connectivity index (χ2n) is 4.29. The third-order valence-electron chi connectivity index (χ3n) is 2.94. The van der Waals surface area contributed by atoms with E-state index in [1.54, 1.807) is 6.07 Å². The van der Waals surface area contributed by atoms with Gasteiger partial charge in [0, 0.05) is 27.6 Å². The maximum atomic E-state index is 11.0. The van der Waals surface area contributed by atoms with Crippen molar-refractivity contribution in [2.75, 3.05) is 5.73 Å². The summed E-state index contributed by atoms with van der Waals surface area (Å²) < 4.78 is 0. The molecule has 2 heterocycles. The van der Waals surface area contributed by atoms with Crippen LogP contribution in [0.3, 0.4) is 0 Å². The predicted octanol–water partition coefficient (Wildman–Crippen LogP) is 3.95. The summed E-state index contributed by atoms with van der Waals surface area (Å²) in [6, 6.07) is 8.19. The van der Waals surface area contributed by atoms with Crippen LogP contribution in [0.15, 0.2) is 35.7 Å². The first-order valence-electron chi connectivity index (χ1n) is 5.89. The fraction of sp³-hybridized carbons (Fsp3) is 0. The van der Waals surface area contributed by atoms with Gasteiger partial charge in [-0.2, -0.15) is 5.10 Å². The number of H-pyrrole nitrogens is 1. The van der Waals surface area contributed by atoms with Gasteiger partial charge in [-0.05, 0) is 17.5 Å². The Hall–Kier alpha value is -2.38. The lowest BCUT2D eigenvalue weighted by molar-refractivity contribution is -0.384. The molecule has 3 N–H and O–H groups in total. The van der Waals surface area contributed by atoms with E-state index in [1.165, 1.54) is 23.5 Å². The van der Waals surface area contributed by atoms with E-state index in [4.69, 9.17) is 17.3 Å². The second-order valence-corrected chi connectivity index (χ2v) is 5.68. The topological polar surface area (TPSA) is 97.8 Å². The molecule has 0 fully saturated rings. The Morgan fingerprint density at radius 1 is 1.38 bits per heavy atom. The van der Waals surface area contributed by atoms with Crippen molar-refractivity contribution >= 4 is 34.4 Å². The summed E-state index contributed by atoms with van der Waals surface area (Å²) in [5.41, 5.74) is 7.73. The first-order chi connectivity index (χ1) is 10.1. The number of nitro groups is 1. The summed E-state index contributed by atoms with van der Waals surface area (Å²) >= 11 is 7.47. The number of thiophene rings is 1. The van der Waals surface area contributed by atoms with Crippen LogP contribution in [0.5, 0.6) is 0 Å². The monoisotopic (exact) mass is 320 g/mol. The number of hydrogen-bond donors (Lipinski definition) is 2. The molecule has 0 aliphatic rings. The minimum Gasteiger partial charge on any atom is -0.382 e. The van der Waals surface area contributed by atoms with Crippen molar-refractivity contribution in [3.8, 4) is 21.7 Å². The van der Waals surface area contributed by atoms with Crippen molar-refractivity contribution in [2.45, 2.75) is 0 Å². The number of anilines is 1. The van der Waals surface area contributed by atoms with E-state index in [1.807, 2.05) is 17.5 Å². The molecule has 3 aromatic rings. The lowest BCUT2D eigenvalue weighted by atomic mass is 10.1. The molecule has 2 aromatic heterocycles. The van der Waals surface area contributed by atoms with E-state index in [0.717, 1.165) is 10.4 Å². The zero-order valence-electron chi connectivity index (χ0n) is 10.5. The molecule has 8 heteroatoms. The van der Waals surface area contributed by atoms with Crippen LogP contribution in [-0.2, 0) is 0 Å². The number of halogens is 1. The van der Waals surface area contributed by atoms with Crippen molar-refractivity contribution in [3.05, 3.63) is 50.8 Å². The van der Waals surface area contributed by atoms with Gasteiger partial charge in [0.15, 0.2) is 5.82 Å². The standard InChI is InChI=1S/C13H9ClN4O2S/c14-8-4-7(5-9(6-8)18(19)20)12-11(13(15)17-16-12)10-2-1-3-21-10/h1-6H,(H3,15,16,17). The molecule has 0 spiro atoms. The Morgan fingerprint density at radius 3 is 2.86 bits per heavy atom. The van der Waals surface area contributed by atoms with Crippen LogP contribution < -0.4 is 5.73 Å². The Labute approximate surface area is 128 Å². The van der Waals surface area contributed by atoms with Gasteiger partial charge in [0.1, 0.15) is 0 Å². The van der Waals surface area contributed by atoms with E-state index in [0.29, 0.717) is 17.1 Å². The summed E-state index contributed by atoms with van der Waals surface area (Å²) in [5, 5.41) is 20.0.